The number of benzene rings is 1. The number of fused-ring (bicyclic) bond motifs is 2. The molecule has 102 valence electrons. The van der Waals surface area contributed by atoms with Gasteiger partial charge < -0.3 is 5.32 Å². The van der Waals surface area contributed by atoms with Crippen LogP contribution in [0.5, 0.6) is 0 Å². The molecule has 2 nitrogen and oxygen atoms in total. The Morgan fingerprint density at radius 2 is 2.05 bits per heavy atom. The van der Waals surface area contributed by atoms with E-state index in [-0.39, 0.29) is 11.2 Å². The maximum Gasteiger partial charge on any atom is 0.233 e. The van der Waals surface area contributed by atoms with E-state index in [2.05, 4.69) is 17.9 Å². The third-order valence-electron chi connectivity index (χ3n) is 4.64. The summed E-state index contributed by atoms with van der Waals surface area (Å²) in [5, 5.41) is 2.98. The van der Waals surface area contributed by atoms with Crippen LogP contribution in [0.1, 0.15) is 31.2 Å². The van der Waals surface area contributed by atoms with Crippen molar-refractivity contribution in [1.82, 2.24) is 5.32 Å². The van der Waals surface area contributed by atoms with Crippen LogP contribution in [0, 0.1) is 11.8 Å². The first-order valence-corrected chi connectivity index (χ1v) is 7.76. The minimum atomic E-state index is -0.235. The summed E-state index contributed by atoms with van der Waals surface area (Å²) in [5.74, 6) is 1.69. The van der Waals surface area contributed by atoms with Gasteiger partial charge in [0.05, 0.1) is 5.25 Å². The second kappa shape index (κ2) is 5.58. The Kier molecular flexibility index (Phi) is 3.83. The van der Waals surface area contributed by atoms with E-state index >= 15 is 0 Å². The summed E-state index contributed by atoms with van der Waals surface area (Å²) in [5.41, 5.74) is 1.17. The van der Waals surface area contributed by atoms with Crippen molar-refractivity contribution < 1.29 is 4.79 Å². The van der Waals surface area contributed by atoms with E-state index in [0.29, 0.717) is 12.5 Å². The fourth-order valence-electron chi connectivity index (χ4n) is 3.63. The number of nitrogens with one attached hydrogen (secondary N) is 1. The molecule has 2 fully saturated rings. The van der Waals surface area contributed by atoms with E-state index in [1.54, 1.807) is 0 Å². The van der Waals surface area contributed by atoms with Gasteiger partial charge in [-0.2, -0.15) is 12.6 Å². The van der Waals surface area contributed by atoms with Crippen molar-refractivity contribution in [3.63, 3.8) is 0 Å². The van der Waals surface area contributed by atoms with Crippen LogP contribution < -0.4 is 5.32 Å². The van der Waals surface area contributed by atoms with Crippen molar-refractivity contribution in [3.8, 4) is 0 Å². The number of thiol groups is 1. The van der Waals surface area contributed by atoms with Gasteiger partial charge in [0, 0.05) is 6.04 Å². The molecule has 1 amide bonds. The standard InChI is InChI=1S/C16H21NOS/c18-16(15(19)10-11-4-2-1-3-5-11)17-14-9-12-6-7-13(14)8-12/h1-5,12-15,19H,6-10H2,(H,17,18). The highest BCUT2D eigenvalue weighted by Gasteiger charge is 2.40. The molecule has 3 rings (SSSR count). The highest BCUT2D eigenvalue weighted by molar-refractivity contribution is 7.81. The molecular formula is C16H21NOS. The number of carbonyl (C=O) groups excluding carboxylic acids is 1. The lowest BCUT2D eigenvalue weighted by Crippen LogP contribution is -2.42. The van der Waals surface area contributed by atoms with Crippen molar-refractivity contribution in [2.24, 2.45) is 11.8 Å². The summed E-state index contributed by atoms with van der Waals surface area (Å²) in [4.78, 5) is 12.2. The van der Waals surface area contributed by atoms with Crippen molar-refractivity contribution in [2.45, 2.75) is 43.4 Å². The smallest absolute Gasteiger partial charge is 0.233 e. The zero-order valence-electron chi connectivity index (χ0n) is 11.1. The van der Waals surface area contributed by atoms with Gasteiger partial charge >= 0.3 is 0 Å². The van der Waals surface area contributed by atoms with E-state index in [0.717, 1.165) is 11.8 Å². The third-order valence-corrected chi connectivity index (χ3v) is 5.06. The average Bonchev–Trinajstić information content (AvgIpc) is 3.02. The lowest BCUT2D eigenvalue weighted by Gasteiger charge is -2.24. The van der Waals surface area contributed by atoms with Crippen molar-refractivity contribution in [2.75, 3.05) is 0 Å². The first kappa shape index (κ1) is 13.0. The molecular weight excluding hydrogens is 254 g/mol. The Hall–Kier alpha value is -0.960. The van der Waals surface area contributed by atoms with Gasteiger partial charge in [0.1, 0.15) is 0 Å². The molecule has 3 heteroatoms. The molecule has 4 atom stereocenters. The van der Waals surface area contributed by atoms with Crippen LogP contribution in [-0.4, -0.2) is 17.2 Å². The van der Waals surface area contributed by atoms with Crippen LogP contribution in [-0.2, 0) is 11.2 Å². The van der Waals surface area contributed by atoms with Crippen LogP contribution in [0.15, 0.2) is 30.3 Å². The minimum absolute atomic E-state index is 0.102. The van der Waals surface area contributed by atoms with E-state index in [1.165, 1.54) is 31.2 Å². The maximum absolute atomic E-state index is 12.2. The van der Waals surface area contributed by atoms with Gasteiger partial charge in [0.15, 0.2) is 0 Å². The Balaban J connectivity index is 1.53. The summed E-state index contributed by atoms with van der Waals surface area (Å²) < 4.78 is 0. The molecule has 1 aromatic carbocycles. The van der Waals surface area contributed by atoms with Gasteiger partial charge in [-0.05, 0) is 43.1 Å². The van der Waals surface area contributed by atoms with E-state index in [4.69, 9.17) is 0 Å². The highest BCUT2D eigenvalue weighted by atomic mass is 32.1. The van der Waals surface area contributed by atoms with Crippen LogP contribution in [0.25, 0.3) is 0 Å². The second-order valence-corrected chi connectivity index (χ2v) is 6.62. The minimum Gasteiger partial charge on any atom is -0.352 e. The maximum atomic E-state index is 12.2. The first-order chi connectivity index (χ1) is 9.22. The van der Waals surface area contributed by atoms with Crippen LogP contribution in [0.3, 0.4) is 0 Å². The molecule has 4 unspecified atom stereocenters. The molecule has 0 heterocycles. The summed E-state index contributed by atoms with van der Waals surface area (Å²) in [6.45, 7) is 0. The fourth-order valence-corrected chi connectivity index (χ4v) is 3.92. The highest BCUT2D eigenvalue weighted by Crippen LogP contribution is 2.44. The topological polar surface area (TPSA) is 29.1 Å². The lowest BCUT2D eigenvalue weighted by atomic mass is 9.95. The molecule has 2 saturated carbocycles. The predicted molar refractivity (Wildman–Crippen MR) is 80.3 cm³/mol. The number of carbonyl (C=O) groups is 1. The number of rotatable bonds is 4. The molecule has 1 aromatic rings. The molecule has 19 heavy (non-hydrogen) atoms. The molecule has 0 spiro atoms. The van der Waals surface area contributed by atoms with Crippen LogP contribution >= 0.6 is 12.6 Å². The van der Waals surface area contributed by atoms with Gasteiger partial charge in [-0.3, -0.25) is 4.79 Å². The number of amides is 1. The van der Waals surface area contributed by atoms with E-state index < -0.39 is 0 Å². The van der Waals surface area contributed by atoms with Gasteiger partial charge in [0.2, 0.25) is 5.91 Å². The molecule has 0 aromatic heterocycles. The largest absolute Gasteiger partial charge is 0.352 e. The lowest BCUT2D eigenvalue weighted by molar-refractivity contribution is -0.121. The van der Waals surface area contributed by atoms with Gasteiger partial charge in [0.25, 0.3) is 0 Å². The van der Waals surface area contributed by atoms with Crippen LogP contribution in [0.4, 0.5) is 0 Å². The monoisotopic (exact) mass is 275 g/mol. The molecule has 2 bridgehead atoms. The van der Waals surface area contributed by atoms with Gasteiger partial charge in [-0.1, -0.05) is 36.8 Å². The molecule has 2 aliphatic carbocycles. The van der Waals surface area contributed by atoms with E-state index in [9.17, 15) is 4.79 Å². The SMILES string of the molecule is O=C(NC1CC2CCC1C2)C(S)Cc1ccccc1. The van der Waals surface area contributed by atoms with Gasteiger partial charge in [-0.15, -0.1) is 0 Å². The summed E-state index contributed by atoms with van der Waals surface area (Å²) in [7, 11) is 0. The Morgan fingerprint density at radius 3 is 2.68 bits per heavy atom. The normalized spacial score (nSPS) is 30.3. The second-order valence-electron chi connectivity index (χ2n) is 6.00. The van der Waals surface area contributed by atoms with Crippen molar-refractivity contribution in [3.05, 3.63) is 35.9 Å². The zero-order valence-corrected chi connectivity index (χ0v) is 12.0. The zero-order chi connectivity index (χ0) is 13.2. The fraction of sp³-hybridized carbons (Fsp3) is 0.562. The third kappa shape index (κ3) is 2.97. The quantitative estimate of drug-likeness (QED) is 0.813. The number of hydrogen-bond donors (Lipinski definition) is 2. The number of hydrogen-bond acceptors (Lipinski definition) is 2. The molecule has 0 saturated heterocycles. The molecule has 0 aliphatic heterocycles. The van der Waals surface area contributed by atoms with Crippen molar-refractivity contribution in [1.29, 1.82) is 0 Å². The van der Waals surface area contributed by atoms with Crippen molar-refractivity contribution >= 4 is 18.5 Å². The van der Waals surface area contributed by atoms with Crippen LogP contribution in [0.2, 0.25) is 0 Å². The Morgan fingerprint density at radius 1 is 1.26 bits per heavy atom. The molecule has 0 radical (unpaired) electrons. The Bertz CT molecular complexity index is 447. The first-order valence-electron chi connectivity index (χ1n) is 7.24. The molecule has 1 N–H and O–H groups in total. The van der Waals surface area contributed by atoms with Gasteiger partial charge in [-0.25, -0.2) is 0 Å². The predicted octanol–water partition coefficient (Wildman–Crippen LogP) is 2.83. The molecule has 2 aliphatic rings. The summed E-state index contributed by atoms with van der Waals surface area (Å²) in [6.07, 6.45) is 5.87. The van der Waals surface area contributed by atoms with E-state index in [1.807, 2.05) is 30.3 Å². The summed E-state index contributed by atoms with van der Waals surface area (Å²) in [6, 6.07) is 10.5. The Labute approximate surface area is 120 Å². The summed E-state index contributed by atoms with van der Waals surface area (Å²) >= 11 is 4.47. The average molecular weight is 275 g/mol.